The van der Waals surface area contributed by atoms with Gasteiger partial charge in [-0.05, 0) is 54.2 Å². The molecule has 2 heterocycles. The van der Waals surface area contributed by atoms with Gasteiger partial charge < -0.3 is 4.57 Å². The summed E-state index contributed by atoms with van der Waals surface area (Å²) in [4.78, 5) is 18.6. The van der Waals surface area contributed by atoms with E-state index < -0.39 is 0 Å². The first-order valence-corrected chi connectivity index (χ1v) is 8.29. The summed E-state index contributed by atoms with van der Waals surface area (Å²) < 4.78 is 3.09. The molecule has 1 saturated heterocycles. The van der Waals surface area contributed by atoms with Gasteiger partial charge in [0.25, 0.3) is 5.91 Å². The van der Waals surface area contributed by atoms with Crippen molar-refractivity contribution in [1.82, 2.24) is 9.47 Å². The minimum atomic E-state index is -0.0193. The van der Waals surface area contributed by atoms with Crippen molar-refractivity contribution in [3.63, 3.8) is 0 Å². The van der Waals surface area contributed by atoms with Crippen molar-refractivity contribution in [3.05, 3.63) is 57.7 Å². The van der Waals surface area contributed by atoms with Crippen molar-refractivity contribution >= 4 is 44.8 Å². The number of amidine groups is 1. The molecule has 6 heteroatoms. The van der Waals surface area contributed by atoms with E-state index in [1.165, 1.54) is 11.8 Å². The van der Waals surface area contributed by atoms with Crippen LogP contribution >= 0.6 is 27.7 Å². The molecule has 1 amide bonds. The highest BCUT2D eigenvalue weighted by molar-refractivity contribution is 9.10. The zero-order chi connectivity index (χ0) is 15.7. The highest BCUT2D eigenvalue weighted by Crippen LogP contribution is 2.31. The molecule has 1 aliphatic heterocycles. The van der Waals surface area contributed by atoms with Gasteiger partial charge in [0.1, 0.15) is 0 Å². The summed E-state index contributed by atoms with van der Waals surface area (Å²) in [5.74, 6) is -0.0193. The summed E-state index contributed by atoms with van der Waals surface area (Å²) in [6, 6.07) is 12.0. The number of thioether (sulfide) groups is 1. The molecule has 0 spiro atoms. The Morgan fingerprint density at radius 1 is 1.23 bits per heavy atom. The molecule has 22 heavy (non-hydrogen) atoms. The zero-order valence-corrected chi connectivity index (χ0v) is 14.6. The van der Waals surface area contributed by atoms with Gasteiger partial charge in [-0.15, -0.1) is 0 Å². The number of hydrogen-bond donors (Lipinski definition) is 0. The molecule has 112 valence electrons. The third-order valence-corrected chi connectivity index (χ3v) is 5.04. The third kappa shape index (κ3) is 2.76. The van der Waals surface area contributed by atoms with Crippen LogP contribution in [0.5, 0.6) is 0 Å². The molecule has 4 nitrogen and oxygen atoms in total. The van der Waals surface area contributed by atoms with Gasteiger partial charge in [-0.2, -0.15) is 0 Å². The molecule has 0 N–H and O–H groups in total. The van der Waals surface area contributed by atoms with E-state index in [0.717, 1.165) is 21.0 Å². The van der Waals surface area contributed by atoms with E-state index in [1.54, 1.807) is 19.0 Å². The molecule has 1 aromatic heterocycles. The van der Waals surface area contributed by atoms with Crippen molar-refractivity contribution in [2.75, 3.05) is 14.1 Å². The Balaban J connectivity index is 1.98. The first-order chi connectivity index (χ1) is 10.6. The number of nitrogens with zero attached hydrogens (tertiary/aromatic N) is 3. The van der Waals surface area contributed by atoms with E-state index in [-0.39, 0.29) is 5.91 Å². The van der Waals surface area contributed by atoms with Gasteiger partial charge in [0.05, 0.1) is 4.91 Å². The van der Waals surface area contributed by atoms with Gasteiger partial charge in [-0.25, -0.2) is 0 Å². The number of likely N-dealkylation sites (N-methyl/N-ethyl adjacent to an activating group) is 1. The van der Waals surface area contributed by atoms with Crippen LogP contribution in [0, 0.1) is 0 Å². The average molecular weight is 376 g/mol. The monoisotopic (exact) mass is 375 g/mol. The fraction of sp³-hybridized carbons (Fsp3) is 0.125. The molecule has 1 fully saturated rings. The lowest BCUT2D eigenvalue weighted by atomic mass is 10.3. The van der Waals surface area contributed by atoms with Crippen LogP contribution in [0.4, 0.5) is 0 Å². The fourth-order valence-electron chi connectivity index (χ4n) is 2.23. The molecule has 1 aliphatic rings. The van der Waals surface area contributed by atoms with E-state index >= 15 is 0 Å². The smallest absolute Gasteiger partial charge is 0.266 e. The number of aromatic nitrogens is 1. The molecule has 0 atom stereocenters. The van der Waals surface area contributed by atoms with Crippen molar-refractivity contribution in [2.24, 2.45) is 4.99 Å². The van der Waals surface area contributed by atoms with Gasteiger partial charge in [0.2, 0.25) is 0 Å². The Morgan fingerprint density at radius 3 is 2.59 bits per heavy atom. The Kier molecular flexibility index (Phi) is 4.22. The molecular weight excluding hydrogens is 362 g/mol. The Bertz CT molecular complexity index is 777. The highest BCUT2D eigenvalue weighted by atomic mass is 79.9. The van der Waals surface area contributed by atoms with Crippen LogP contribution in [0.1, 0.15) is 5.69 Å². The number of aliphatic imine (C=N–C) groups is 1. The van der Waals surface area contributed by atoms with E-state index in [4.69, 9.17) is 0 Å². The van der Waals surface area contributed by atoms with Crippen molar-refractivity contribution in [3.8, 4) is 5.69 Å². The van der Waals surface area contributed by atoms with Crippen LogP contribution in [0.25, 0.3) is 11.8 Å². The second kappa shape index (κ2) is 6.14. The molecule has 3 rings (SSSR count). The molecule has 0 aliphatic carbocycles. The maximum absolute atomic E-state index is 12.2. The molecular formula is C16H14BrN3OS. The standard InChI is InChI=1S/C16H14BrN3OS/c1-18-16-19(2)15(21)14(22-16)10-13-4-3-9-20(13)12-7-5-11(17)6-8-12/h3-10H,1-2H3/b14-10+,18-16?. The maximum Gasteiger partial charge on any atom is 0.266 e. The van der Waals surface area contributed by atoms with E-state index in [1.807, 2.05) is 53.2 Å². The number of hydrogen-bond acceptors (Lipinski definition) is 3. The van der Waals surface area contributed by atoms with Crippen LogP contribution in [0.2, 0.25) is 0 Å². The number of benzene rings is 1. The van der Waals surface area contributed by atoms with Gasteiger partial charge >= 0.3 is 0 Å². The third-order valence-electron chi connectivity index (χ3n) is 3.36. The van der Waals surface area contributed by atoms with Gasteiger partial charge in [0.15, 0.2) is 5.17 Å². The number of carbonyl (C=O) groups is 1. The number of halogens is 1. The minimum Gasteiger partial charge on any atom is -0.317 e. The molecule has 0 saturated carbocycles. The summed E-state index contributed by atoms with van der Waals surface area (Å²) in [6.45, 7) is 0. The largest absolute Gasteiger partial charge is 0.317 e. The summed E-state index contributed by atoms with van der Waals surface area (Å²) >= 11 is 4.84. The van der Waals surface area contributed by atoms with Crippen LogP contribution in [-0.2, 0) is 4.79 Å². The average Bonchev–Trinajstić information content (AvgIpc) is 3.08. The van der Waals surface area contributed by atoms with Gasteiger partial charge in [-0.1, -0.05) is 15.9 Å². The fourth-order valence-corrected chi connectivity index (χ4v) is 3.41. The van der Waals surface area contributed by atoms with Crippen LogP contribution < -0.4 is 0 Å². The molecule has 0 radical (unpaired) electrons. The summed E-state index contributed by atoms with van der Waals surface area (Å²) in [7, 11) is 3.44. The molecule has 0 bridgehead atoms. The maximum atomic E-state index is 12.2. The van der Waals surface area contributed by atoms with E-state index in [0.29, 0.717) is 4.91 Å². The quantitative estimate of drug-likeness (QED) is 0.749. The van der Waals surface area contributed by atoms with E-state index in [2.05, 4.69) is 20.9 Å². The normalized spacial score (nSPS) is 18.7. The second-order valence-electron chi connectivity index (χ2n) is 4.76. The summed E-state index contributed by atoms with van der Waals surface area (Å²) in [5.41, 5.74) is 2.01. The number of rotatable bonds is 2. The Labute approximate surface area is 141 Å². The van der Waals surface area contributed by atoms with Crippen molar-refractivity contribution < 1.29 is 4.79 Å². The van der Waals surface area contributed by atoms with Gasteiger partial charge in [0, 0.05) is 36.1 Å². The first kappa shape index (κ1) is 15.1. The van der Waals surface area contributed by atoms with Crippen LogP contribution in [0.3, 0.4) is 0 Å². The predicted octanol–water partition coefficient (Wildman–Crippen LogP) is 3.77. The SMILES string of the molecule is CN=C1S/C(=C/c2cccn2-c2ccc(Br)cc2)C(=O)N1C. The first-order valence-electron chi connectivity index (χ1n) is 6.68. The number of amides is 1. The summed E-state index contributed by atoms with van der Waals surface area (Å²) in [6.07, 6.45) is 3.89. The van der Waals surface area contributed by atoms with Crippen molar-refractivity contribution in [2.45, 2.75) is 0 Å². The topological polar surface area (TPSA) is 37.6 Å². The Morgan fingerprint density at radius 2 is 1.95 bits per heavy atom. The second-order valence-corrected chi connectivity index (χ2v) is 6.69. The number of carbonyl (C=O) groups excluding carboxylic acids is 1. The molecule has 2 aromatic rings. The van der Waals surface area contributed by atoms with E-state index in [9.17, 15) is 4.79 Å². The van der Waals surface area contributed by atoms with Crippen LogP contribution in [0.15, 0.2) is 57.0 Å². The molecule has 1 aromatic carbocycles. The lowest BCUT2D eigenvalue weighted by Gasteiger charge is -2.07. The Hall–Kier alpha value is -1.79. The van der Waals surface area contributed by atoms with Crippen molar-refractivity contribution in [1.29, 1.82) is 0 Å². The lowest BCUT2D eigenvalue weighted by molar-refractivity contribution is -0.121. The lowest BCUT2D eigenvalue weighted by Crippen LogP contribution is -2.23. The van der Waals surface area contributed by atoms with Gasteiger partial charge in [-0.3, -0.25) is 14.7 Å². The zero-order valence-electron chi connectivity index (χ0n) is 12.2. The predicted molar refractivity (Wildman–Crippen MR) is 95.2 cm³/mol. The minimum absolute atomic E-state index is 0.0193. The van der Waals surface area contributed by atoms with Crippen LogP contribution in [-0.4, -0.2) is 34.6 Å². The highest BCUT2D eigenvalue weighted by Gasteiger charge is 2.29. The molecule has 0 unspecified atom stereocenters. The summed E-state index contributed by atoms with van der Waals surface area (Å²) in [5, 5.41) is 0.720.